The van der Waals surface area contributed by atoms with Gasteiger partial charge in [0.1, 0.15) is 18.5 Å². The first-order valence-corrected chi connectivity index (χ1v) is 10.1. The van der Waals surface area contributed by atoms with Crippen molar-refractivity contribution in [3.05, 3.63) is 65.7 Å². The van der Waals surface area contributed by atoms with Gasteiger partial charge in [-0.3, -0.25) is 14.6 Å². The molecular weight excluding hydrogens is 366 g/mol. The van der Waals surface area contributed by atoms with Crippen LogP contribution >= 0.6 is 0 Å². The highest BCUT2D eigenvalue weighted by Gasteiger charge is 2.20. The number of ether oxygens (including phenoxy) is 1. The van der Waals surface area contributed by atoms with Crippen molar-refractivity contribution < 1.29 is 14.6 Å². The number of piperazine rings is 1. The minimum absolute atomic E-state index is 0.169. The Bertz CT molecular complexity index is 767. The van der Waals surface area contributed by atoms with Crippen molar-refractivity contribution in [1.82, 2.24) is 14.7 Å². The van der Waals surface area contributed by atoms with Gasteiger partial charge in [-0.1, -0.05) is 42.5 Å². The quantitative estimate of drug-likeness (QED) is 0.700. The third-order valence-corrected chi connectivity index (χ3v) is 5.13. The number of nitrogens with zero attached hydrogens (tertiary/aromatic N) is 3. The second kappa shape index (κ2) is 10.4. The van der Waals surface area contributed by atoms with Crippen LogP contribution in [0, 0.1) is 0 Å². The number of aliphatic hydroxyl groups is 1. The highest BCUT2D eigenvalue weighted by molar-refractivity contribution is 5.78. The average molecular weight is 398 g/mol. The predicted octanol–water partition coefficient (Wildman–Crippen LogP) is 1.83. The van der Waals surface area contributed by atoms with Crippen molar-refractivity contribution in [2.45, 2.75) is 19.2 Å². The molecule has 2 aromatic carbocycles. The van der Waals surface area contributed by atoms with Crippen LogP contribution in [0.15, 0.2) is 54.6 Å². The van der Waals surface area contributed by atoms with E-state index in [0.29, 0.717) is 13.1 Å². The Morgan fingerprint density at radius 2 is 1.79 bits per heavy atom. The molecule has 6 nitrogen and oxygen atoms in total. The van der Waals surface area contributed by atoms with E-state index in [2.05, 4.69) is 21.9 Å². The molecule has 0 aromatic heterocycles. The van der Waals surface area contributed by atoms with Crippen LogP contribution in [0.25, 0.3) is 0 Å². The van der Waals surface area contributed by atoms with Gasteiger partial charge in [0, 0.05) is 39.8 Å². The number of amides is 1. The smallest absolute Gasteiger partial charge is 0.236 e. The van der Waals surface area contributed by atoms with Crippen LogP contribution < -0.4 is 4.74 Å². The third-order valence-electron chi connectivity index (χ3n) is 5.13. The van der Waals surface area contributed by atoms with Gasteiger partial charge in [0.25, 0.3) is 0 Å². The number of likely N-dealkylation sites (N-methyl/N-ethyl adjacent to an activating group) is 2. The minimum atomic E-state index is -0.556. The molecule has 1 N–H and O–H groups in total. The standard InChI is InChI=1S/C23H31N3O3/c1-24(14-19-6-4-3-5-7-19)16-21(27)18-29-22-10-8-20(9-11-22)15-26-13-12-25(2)23(28)17-26/h3-11,21,27H,12-18H2,1-2H3. The molecular formula is C23H31N3O3. The molecule has 3 rings (SSSR count). The fourth-order valence-corrected chi connectivity index (χ4v) is 3.46. The van der Waals surface area contributed by atoms with Crippen molar-refractivity contribution in [3.63, 3.8) is 0 Å². The first-order valence-electron chi connectivity index (χ1n) is 10.1. The molecule has 1 saturated heterocycles. The molecule has 1 unspecified atom stereocenters. The molecule has 6 heteroatoms. The van der Waals surface area contributed by atoms with Crippen molar-refractivity contribution in [2.24, 2.45) is 0 Å². The van der Waals surface area contributed by atoms with E-state index in [1.54, 1.807) is 4.90 Å². The second-order valence-electron chi connectivity index (χ2n) is 7.82. The van der Waals surface area contributed by atoms with Gasteiger partial charge in [-0.2, -0.15) is 0 Å². The monoisotopic (exact) mass is 397 g/mol. The highest BCUT2D eigenvalue weighted by atomic mass is 16.5. The first-order chi connectivity index (χ1) is 14.0. The number of hydrogen-bond donors (Lipinski definition) is 1. The third kappa shape index (κ3) is 6.85. The molecule has 156 valence electrons. The van der Waals surface area contributed by atoms with Gasteiger partial charge in [0.15, 0.2) is 0 Å². The molecule has 0 spiro atoms. The van der Waals surface area contributed by atoms with E-state index in [1.165, 1.54) is 5.56 Å². The molecule has 0 bridgehead atoms. The summed E-state index contributed by atoms with van der Waals surface area (Å²) in [4.78, 5) is 17.8. The number of carbonyl (C=O) groups excluding carboxylic acids is 1. The number of aliphatic hydroxyl groups excluding tert-OH is 1. The maximum absolute atomic E-state index is 11.8. The summed E-state index contributed by atoms with van der Waals surface area (Å²) < 4.78 is 5.74. The van der Waals surface area contributed by atoms with E-state index < -0.39 is 6.10 Å². The van der Waals surface area contributed by atoms with Crippen molar-refractivity contribution >= 4 is 5.91 Å². The first kappa shape index (κ1) is 21.3. The Morgan fingerprint density at radius 1 is 1.07 bits per heavy atom. The Kier molecular flexibility index (Phi) is 7.63. The number of hydrogen-bond acceptors (Lipinski definition) is 5. The molecule has 2 aromatic rings. The van der Waals surface area contributed by atoms with Crippen LogP contribution in [-0.2, 0) is 17.9 Å². The van der Waals surface area contributed by atoms with Gasteiger partial charge >= 0.3 is 0 Å². The summed E-state index contributed by atoms with van der Waals surface area (Å²) in [7, 11) is 3.84. The lowest BCUT2D eigenvalue weighted by molar-refractivity contribution is -0.134. The van der Waals surface area contributed by atoms with Crippen molar-refractivity contribution in [2.75, 3.05) is 46.9 Å². The van der Waals surface area contributed by atoms with Gasteiger partial charge in [-0.05, 0) is 30.3 Å². The zero-order valence-electron chi connectivity index (χ0n) is 17.3. The molecule has 0 aliphatic carbocycles. The van der Waals surface area contributed by atoms with Crippen LogP contribution in [0.3, 0.4) is 0 Å². The summed E-state index contributed by atoms with van der Waals surface area (Å²) in [6.07, 6.45) is -0.556. The Morgan fingerprint density at radius 3 is 2.48 bits per heavy atom. The topological polar surface area (TPSA) is 56.3 Å². The van der Waals surface area contributed by atoms with E-state index in [9.17, 15) is 9.90 Å². The lowest BCUT2D eigenvalue weighted by Gasteiger charge is -2.31. The summed E-state index contributed by atoms with van der Waals surface area (Å²) >= 11 is 0. The van der Waals surface area contributed by atoms with Crippen LogP contribution in [0.1, 0.15) is 11.1 Å². The lowest BCUT2D eigenvalue weighted by atomic mass is 10.2. The Labute approximate surface area is 173 Å². The molecule has 1 amide bonds. The summed E-state index contributed by atoms with van der Waals surface area (Å²) in [6.45, 7) is 4.49. The van der Waals surface area contributed by atoms with Crippen LogP contribution in [-0.4, -0.2) is 78.7 Å². The number of rotatable bonds is 9. The average Bonchev–Trinajstić information content (AvgIpc) is 2.71. The molecule has 0 saturated carbocycles. The summed E-state index contributed by atoms with van der Waals surface area (Å²) in [5, 5.41) is 10.3. The molecule has 29 heavy (non-hydrogen) atoms. The molecule has 1 aliphatic heterocycles. The number of carbonyl (C=O) groups is 1. The predicted molar refractivity (Wildman–Crippen MR) is 114 cm³/mol. The summed E-state index contributed by atoms with van der Waals surface area (Å²) in [6, 6.07) is 18.1. The van der Waals surface area contributed by atoms with Gasteiger partial charge in [-0.25, -0.2) is 0 Å². The summed E-state index contributed by atoms with van der Waals surface area (Å²) in [5.74, 6) is 0.912. The zero-order valence-corrected chi connectivity index (χ0v) is 17.3. The normalized spacial score (nSPS) is 16.3. The van der Waals surface area contributed by atoms with E-state index in [1.807, 2.05) is 56.6 Å². The van der Waals surface area contributed by atoms with E-state index in [4.69, 9.17) is 4.74 Å². The van der Waals surface area contributed by atoms with Gasteiger partial charge in [0.2, 0.25) is 5.91 Å². The van der Waals surface area contributed by atoms with E-state index >= 15 is 0 Å². The molecule has 0 radical (unpaired) electrons. The zero-order chi connectivity index (χ0) is 20.6. The van der Waals surface area contributed by atoms with Gasteiger partial charge in [-0.15, -0.1) is 0 Å². The second-order valence-corrected chi connectivity index (χ2v) is 7.82. The molecule has 1 fully saturated rings. The Balaban J connectivity index is 1.39. The fourth-order valence-electron chi connectivity index (χ4n) is 3.46. The van der Waals surface area contributed by atoms with Crippen molar-refractivity contribution in [1.29, 1.82) is 0 Å². The molecule has 1 aliphatic rings. The van der Waals surface area contributed by atoms with E-state index in [0.717, 1.165) is 37.5 Å². The van der Waals surface area contributed by atoms with E-state index in [-0.39, 0.29) is 12.5 Å². The lowest BCUT2D eigenvalue weighted by Crippen LogP contribution is -2.47. The molecule has 1 heterocycles. The Hall–Kier alpha value is -2.41. The van der Waals surface area contributed by atoms with Crippen LogP contribution in [0.4, 0.5) is 0 Å². The highest BCUT2D eigenvalue weighted by Crippen LogP contribution is 2.15. The minimum Gasteiger partial charge on any atom is -0.491 e. The largest absolute Gasteiger partial charge is 0.491 e. The fraction of sp³-hybridized carbons (Fsp3) is 0.435. The van der Waals surface area contributed by atoms with Crippen LogP contribution in [0.2, 0.25) is 0 Å². The maximum atomic E-state index is 11.8. The summed E-state index contributed by atoms with van der Waals surface area (Å²) in [5.41, 5.74) is 2.37. The van der Waals surface area contributed by atoms with Gasteiger partial charge < -0.3 is 14.7 Å². The molecule has 1 atom stereocenters. The van der Waals surface area contributed by atoms with Gasteiger partial charge in [0.05, 0.1) is 6.54 Å². The SMILES string of the molecule is CN(Cc1ccccc1)CC(O)COc1ccc(CN2CCN(C)C(=O)C2)cc1. The van der Waals surface area contributed by atoms with Crippen LogP contribution in [0.5, 0.6) is 5.75 Å². The number of benzene rings is 2. The maximum Gasteiger partial charge on any atom is 0.236 e. The van der Waals surface area contributed by atoms with Crippen molar-refractivity contribution in [3.8, 4) is 5.75 Å².